The van der Waals surface area contributed by atoms with Gasteiger partial charge in [-0.1, -0.05) is 24.6 Å². The van der Waals surface area contributed by atoms with Crippen molar-refractivity contribution in [2.75, 3.05) is 39.2 Å². The van der Waals surface area contributed by atoms with Crippen molar-refractivity contribution in [3.63, 3.8) is 0 Å². The Labute approximate surface area is 161 Å². The molecule has 27 heavy (non-hydrogen) atoms. The molecule has 0 spiro atoms. The van der Waals surface area contributed by atoms with E-state index in [0.717, 1.165) is 18.7 Å². The Morgan fingerprint density at radius 1 is 0.963 bits per heavy atom. The van der Waals surface area contributed by atoms with Crippen LogP contribution in [0.2, 0.25) is 0 Å². The van der Waals surface area contributed by atoms with Crippen LogP contribution < -0.4 is 14.8 Å². The number of anilines is 1. The molecule has 1 aliphatic rings. The molecule has 2 aromatic rings. The normalized spacial score (nSPS) is 14.6. The van der Waals surface area contributed by atoms with Crippen molar-refractivity contribution in [3.05, 3.63) is 53.6 Å². The van der Waals surface area contributed by atoms with Gasteiger partial charge in [-0.25, -0.2) is 0 Å². The van der Waals surface area contributed by atoms with Crippen molar-refractivity contribution in [1.82, 2.24) is 4.90 Å². The number of hydrogen-bond donors (Lipinski definition) is 1. The second-order valence-corrected chi connectivity index (χ2v) is 6.84. The van der Waals surface area contributed by atoms with E-state index in [1.54, 1.807) is 32.4 Å². The van der Waals surface area contributed by atoms with Gasteiger partial charge in [0, 0.05) is 12.2 Å². The molecule has 0 unspecified atom stereocenters. The summed E-state index contributed by atoms with van der Waals surface area (Å²) < 4.78 is 10.6. The molecule has 1 heterocycles. The average Bonchev–Trinajstić information content (AvgIpc) is 2.73. The summed E-state index contributed by atoms with van der Waals surface area (Å²) >= 11 is 0. The number of carbonyl (C=O) groups excluding carboxylic acids is 1. The van der Waals surface area contributed by atoms with Crippen LogP contribution in [0.1, 0.15) is 35.2 Å². The number of amides is 1. The first-order valence-corrected chi connectivity index (χ1v) is 9.55. The first kappa shape index (κ1) is 19.2. The highest BCUT2D eigenvalue weighted by Gasteiger charge is 2.18. The number of methoxy groups -OCH3 is 2. The third kappa shape index (κ3) is 5.01. The predicted molar refractivity (Wildman–Crippen MR) is 108 cm³/mol. The molecule has 144 valence electrons. The summed E-state index contributed by atoms with van der Waals surface area (Å²) in [7, 11) is 3.09. The molecule has 0 radical (unpaired) electrons. The van der Waals surface area contributed by atoms with Crippen LogP contribution in [0.15, 0.2) is 42.5 Å². The number of hydrogen-bond acceptors (Lipinski definition) is 4. The lowest BCUT2D eigenvalue weighted by Gasteiger charge is -2.26. The van der Waals surface area contributed by atoms with Crippen molar-refractivity contribution in [2.45, 2.75) is 25.7 Å². The minimum Gasteiger partial charge on any atom is -0.496 e. The van der Waals surface area contributed by atoms with Gasteiger partial charge in [0.05, 0.1) is 14.2 Å². The van der Waals surface area contributed by atoms with Crippen LogP contribution in [0, 0.1) is 0 Å². The fourth-order valence-corrected chi connectivity index (χ4v) is 3.49. The van der Waals surface area contributed by atoms with Gasteiger partial charge in [0.1, 0.15) is 17.1 Å². The van der Waals surface area contributed by atoms with E-state index in [9.17, 15) is 4.79 Å². The molecule has 2 aromatic carbocycles. The summed E-state index contributed by atoms with van der Waals surface area (Å²) in [4.78, 5) is 15.2. The van der Waals surface area contributed by atoms with Crippen LogP contribution in [-0.4, -0.2) is 44.7 Å². The van der Waals surface area contributed by atoms with Crippen molar-refractivity contribution in [2.24, 2.45) is 0 Å². The van der Waals surface area contributed by atoms with Crippen LogP contribution >= 0.6 is 0 Å². The fourth-order valence-electron chi connectivity index (χ4n) is 3.49. The highest BCUT2D eigenvalue weighted by molar-refractivity contribution is 6.08. The first-order chi connectivity index (χ1) is 13.2. The van der Waals surface area contributed by atoms with E-state index in [0.29, 0.717) is 17.1 Å². The Morgan fingerprint density at radius 3 is 2.19 bits per heavy atom. The molecule has 5 heteroatoms. The van der Waals surface area contributed by atoms with E-state index in [1.165, 1.54) is 37.9 Å². The Bertz CT molecular complexity index is 730. The van der Waals surface area contributed by atoms with E-state index in [4.69, 9.17) is 9.47 Å². The van der Waals surface area contributed by atoms with E-state index in [-0.39, 0.29) is 5.91 Å². The van der Waals surface area contributed by atoms with Gasteiger partial charge in [0.25, 0.3) is 5.91 Å². The van der Waals surface area contributed by atoms with Crippen molar-refractivity contribution >= 4 is 11.6 Å². The van der Waals surface area contributed by atoms with Crippen LogP contribution in [0.3, 0.4) is 0 Å². The lowest BCUT2D eigenvalue weighted by atomic mass is 10.1. The highest BCUT2D eigenvalue weighted by Crippen LogP contribution is 2.29. The standard InChI is InChI=1S/C22H28N2O3/c1-26-19-7-6-8-20(27-2)21(19)22(25)23-18-11-9-17(10-12-18)13-16-24-14-4-3-5-15-24/h6-12H,3-5,13-16H2,1-2H3,(H,23,25). The number of nitrogens with zero attached hydrogens (tertiary/aromatic N) is 1. The molecular formula is C22H28N2O3. The zero-order valence-corrected chi connectivity index (χ0v) is 16.2. The van der Waals surface area contributed by atoms with Gasteiger partial charge in [0.15, 0.2) is 0 Å². The van der Waals surface area contributed by atoms with E-state index in [1.807, 2.05) is 12.1 Å². The number of carbonyl (C=O) groups is 1. The highest BCUT2D eigenvalue weighted by atomic mass is 16.5. The summed E-state index contributed by atoms with van der Waals surface area (Å²) in [6, 6.07) is 13.4. The molecule has 0 atom stereocenters. The summed E-state index contributed by atoms with van der Waals surface area (Å²) in [5.41, 5.74) is 2.44. The molecule has 1 amide bonds. The molecule has 1 saturated heterocycles. The molecule has 0 aromatic heterocycles. The minimum absolute atomic E-state index is 0.245. The monoisotopic (exact) mass is 368 g/mol. The quantitative estimate of drug-likeness (QED) is 0.803. The third-order valence-electron chi connectivity index (χ3n) is 5.03. The topological polar surface area (TPSA) is 50.8 Å². The molecule has 3 rings (SSSR count). The summed E-state index contributed by atoms with van der Waals surface area (Å²) in [6.45, 7) is 3.54. The molecular weight excluding hydrogens is 340 g/mol. The second kappa shape index (κ2) is 9.42. The summed E-state index contributed by atoms with van der Waals surface area (Å²) in [6.07, 6.45) is 5.03. The molecule has 0 bridgehead atoms. The van der Waals surface area contributed by atoms with Gasteiger partial charge in [-0.2, -0.15) is 0 Å². The van der Waals surface area contributed by atoms with Crippen LogP contribution in [0.5, 0.6) is 11.5 Å². The Kier molecular flexibility index (Phi) is 6.71. The Hall–Kier alpha value is -2.53. The van der Waals surface area contributed by atoms with E-state index < -0.39 is 0 Å². The number of ether oxygens (including phenoxy) is 2. The maximum Gasteiger partial charge on any atom is 0.263 e. The Morgan fingerprint density at radius 2 is 1.59 bits per heavy atom. The third-order valence-corrected chi connectivity index (χ3v) is 5.03. The maximum absolute atomic E-state index is 12.7. The SMILES string of the molecule is COc1cccc(OC)c1C(=O)Nc1ccc(CCN2CCCCC2)cc1. The van der Waals surface area contributed by atoms with E-state index >= 15 is 0 Å². The van der Waals surface area contributed by atoms with Gasteiger partial charge in [-0.15, -0.1) is 0 Å². The average molecular weight is 368 g/mol. The smallest absolute Gasteiger partial charge is 0.263 e. The van der Waals surface area contributed by atoms with Crippen LogP contribution in [0.4, 0.5) is 5.69 Å². The Balaban J connectivity index is 1.62. The molecule has 1 N–H and O–H groups in total. The van der Waals surface area contributed by atoms with Gasteiger partial charge in [-0.05, 0) is 62.2 Å². The van der Waals surface area contributed by atoms with Crippen molar-refractivity contribution < 1.29 is 14.3 Å². The molecule has 1 aliphatic heterocycles. The van der Waals surface area contributed by atoms with Crippen LogP contribution in [-0.2, 0) is 6.42 Å². The summed E-state index contributed by atoms with van der Waals surface area (Å²) in [5, 5.41) is 2.93. The number of rotatable bonds is 7. The van der Waals surface area contributed by atoms with Crippen molar-refractivity contribution in [1.29, 1.82) is 0 Å². The number of nitrogens with one attached hydrogen (secondary N) is 1. The fraction of sp³-hybridized carbons (Fsp3) is 0.409. The molecule has 5 nitrogen and oxygen atoms in total. The van der Waals surface area contributed by atoms with E-state index in [2.05, 4.69) is 22.3 Å². The van der Waals surface area contributed by atoms with Crippen LogP contribution in [0.25, 0.3) is 0 Å². The maximum atomic E-state index is 12.7. The minimum atomic E-state index is -0.245. The molecule has 0 saturated carbocycles. The van der Waals surface area contributed by atoms with Gasteiger partial charge >= 0.3 is 0 Å². The zero-order chi connectivity index (χ0) is 19.1. The molecule has 0 aliphatic carbocycles. The largest absolute Gasteiger partial charge is 0.496 e. The second-order valence-electron chi connectivity index (χ2n) is 6.84. The summed E-state index contributed by atoms with van der Waals surface area (Å²) in [5.74, 6) is 0.736. The number of likely N-dealkylation sites (tertiary alicyclic amines) is 1. The van der Waals surface area contributed by atoms with Crippen molar-refractivity contribution in [3.8, 4) is 11.5 Å². The first-order valence-electron chi connectivity index (χ1n) is 9.55. The van der Waals surface area contributed by atoms with Gasteiger partial charge in [-0.3, -0.25) is 4.79 Å². The zero-order valence-electron chi connectivity index (χ0n) is 16.2. The lowest BCUT2D eigenvalue weighted by molar-refractivity contribution is 0.102. The lowest BCUT2D eigenvalue weighted by Crippen LogP contribution is -2.31. The predicted octanol–water partition coefficient (Wildman–Crippen LogP) is 3.98. The van der Waals surface area contributed by atoms with Gasteiger partial charge in [0.2, 0.25) is 0 Å². The molecule has 1 fully saturated rings. The number of piperidine rings is 1. The number of benzene rings is 2. The van der Waals surface area contributed by atoms with Gasteiger partial charge < -0.3 is 19.7 Å².